The van der Waals surface area contributed by atoms with Crippen molar-refractivity contribution >= 4 is 17.4 Å². The van der Waals surface area contributed by atoms with Crippen molar-refractivity contribution < 1.29 is 4.39 Å². The van der Waals surface area contributed by atoms with E-state index in [0.29, 0.717) is 11.3 Å². The SMILES string of the molecule is CCC1CCCN1c1nc(Cl)nc2c1CCC2c1ccc(F)cc1. The molecule has 0 saturated carbocycles. The van der Waals surface area contributed by atoms with Gasteiger partial charge in [0.15, 0.2) is 0 Å². The monoisotopic (exact) mass is 345 g/mol. The number of rotatable bonds is 3. The summed E-state index contributed by atoms with van der Waals surface area (Å²) in [5.74, 6) is 1.00. The van der Waals surface area contributed by atoms with Crippen molar-refractivity contribution in [3.05, 3.63) is 52.2 Å². The molecule has 1 saturated heterocycles. The Labute approximate surface area is 146 Å². The maximum atomic E-state index is 13.2. The van der Waals surface area contributed by atoms with Crippen LogP contribution >= 0.6 is 11.6 Å². The average molecular weight is 346 g/mol. The highest BCUT2D eigenvalue weighted by Gasteiger charge is 2.33. The van der Waals surface area contributed by atoms with Crippen LogP contribution in [0, 0.1) is 5.82 Å². The standard InChI is InChI=1S/C19H21ClFN3/c1-2-14-4-3-11-24(14)18-16-10-9-15(17(16)22-19(20)23-18)12-5-7-13(21)8-6-12/h5-8,14-15H,2-4,9-11H2,1H3. The van der Waals surface area contributed by atoms with Gasteiger partial charge in [-0.2, -0.15) is 0 Å². The smallest absolute Gasteiger partial charge is 0.224 e. The summed E-state index contributed by atoms with van der Waals surface area (Å²) >= 11 is 6.27. The fourth-order valence-electron chi connectivity index (χ4n) is 4.21. The number of hydrogen-bond acceptors (Lipinski definition) is 3. The van der Waals surface area contributed by atoms with Gasteiger partial charge < -0.3 is 4.90 Å². The zero-order chi connectivity index (χ0) is 16.7. The van der Waals surface area contributed by atoms with Crippen molar-refractivity contribution in [2.75, 3.05) is 11.4 Å². The molecule has 3 nitrogen and oxygen atoms in total. The topological polar surface area (TPSA) is 29.0 Å². The molecule has 0 radical (unpaired) electrons. The molecule has 1 aliphatic carbocycles. The van der Waals surface area contributed by atoms with Crippen molar-refractivity contribution in [2.24, 2.45) is 0 Å². The number of aromatic nitrogens is 2. The van der Waals surface area contributed by atoms with Gasteiger partial charge in [0.25, 0.3) is 0 Å². The summed E-state index contributed by atoms with van der Waals surface area (Å²) < 4.78 is 13.2. The molecule has 1 aromatic heterocycles. The van der Waals surface area contributed by atoms with E-state index < -0.39 is 0 Å². The highest BCUT2D eigenvalue weighted by molar-refractivity contribution is 6.28. The van der Waals surface area contributed by atoms with E-state index in [-0.39, 0.29) is 11.7 Å². The highest BCUT2D eigenvalue weighted by Crippen LogP contribution is 2.42. The van der Waals surface area contributed by atoms with Crippen molar-refractivity contribution in [2.45, 2.75) is 51.0 Å². The van der Waals surface area contributed by atoms with E-state index in [1.807, 2.05) is 12.1 Å². The summed E-state index contributed by atoms with van der Waals surface area (Å²) in [6.45, 7) is 3.27. The van der Waals surface area contributed by atoms with Crippen LogP contribution in [0.15, 0.2) is 24.3 Å². The summed E-state index contributed by atoms with van der Waals surface area (Å²) in [4.78, 5) is 11.6. The maximum Gasteiger partial charge on any atom is 0.224 e. The van der Waals surface area contributed by atoms with E-state index in [0.717, 1.165) is 42.9 Å². The molecule has 1 aliphatic heterocycles. The largest absolute Gasteiger partial charge is 0.353 e. The van der Waals surface area contributed by atoms with Crippen molar-refractivity contribution in [3.8, 4) is 0 Å². The third-order valence-electron chi connectivity index (χ3n) is 5.40. The van der Waals surface area contributed by atoms with Crippen LogP contribution in [0.25, 0.3) is 0 Å². The van der Waals surface area contributed by atoms with Gasteiger partial charge >= 0.3 is 0 Å². The predicted molar refractivity (Wildman–Crippen MR) is 94.3 cm³/mol. The van der Waals surface area contributed by atoms with Crippen LogP contribution in [-0.4, -0.2) is 22.6 Å². The molecular formula is C19H21ClFN3. The fourth-order valence-corrected chi connectivity index (χ4v) is 4.38. The first-order valence-electron chi connectivity index (χ1n) is 8.75. The molecule has 0 amide bonds. The summed E-state index contributed by atoms with van der Waals surface area (Å²) in [5.41, 5.74) is 3.36. The molecule has 4 rings (SSSR count). The van der Waals surface area contributed by atoms with Gasteiger partial charge in [0.1, 0.15) is 11.6 Å². The Kier molecular flexibility index (Phi) is 4.17. The van der Waals surface area contributed by atoms with Crippen LogP contribution in [0.4, 0.5) is 10.2 Å². The normalized spacial score (nSPS) is 22.9. The minimum absolute atomic E-state index is 0.183. The zero-order valence-corrected chi connectivity index (χ0v) is 14.6. The first-order chi connectivity index (χ1) is 11.7. The molecule has 2 unspecified atom stereocenters. The predicted octanol–water partition coefficient (Wildman–Crippen LogP) is 4.73. The third-order valence-corrected chi connectivity index (χ3v) is 5.56. The first-order valence-corrected chi connectivity index (χ1v) is 9.13. The summed E-state index contributed by atoms with van der Waals surface area (Å²) in [5, 5.41) is 0.319. The molecule has 126 valence electrons. The van der Waals surface area contributed by atoms with E-state index in [1.165, 1.54) is 30.5 Å². The highest BCUT2D eigenvalue weighted by atomic mass is 35.5. The number of anilines is 1. The molecule has 2 atom stereocenters. The molecule has 24 heavy (non-hydrogen) atoms. The Hall–Kier alpha value is -1.68. The summed E-state index contributed by atoms with van der Waals surface area (Å²) in [6.07, 6.45) is 5.48. The zero-order valence-electron chi connectivity index (χ0n) is 13.8. The summed E-state index contributed by atoms with van der Waals surface area (Å²) in [7, 11) is 0. The van der Waals surface area contributed by atoms with Crippen LogP contribution in [0.2, 0.25) is 5.28 Å². The Morgan fingerprint density at radius 3 is 2.75 bits per heavy atom. The molecule has 0 bridgehead atoms. The maximum absolute atomic E-state index is 13.2. The van der Waals surface area contributed by atoms with Gasteiger partial charge in [0.2, 0.25) is 5.28 Å². The Morgan fingerprint density at radius 1 is 1.21 bits per heavy atom. The molecule has 2 heterocycles. The van der Waals surface area contributed by atoms with Gasteiger partial charge in [-0.1, -0.05) is 19.1 Å². The molecule has 2 aliphatic rings. The average Bonchev–Trinajstić information content (AvgIpc) is 3.21. The minimum atomic E-state index is -0.207. The molecule has 2 aromatic rings. The number of nitrogens with zero attached hydrogens (tertiary/aromatic N) is 3. The number of benzene rings is 1. The second-order valence-corrected chi connectivity index (χ2v) is 7.06. The van der Waals surface area contributed by atoms with E-state index in [1.54, 1.807) is 0 Å². The van der Waals surface area contributed by atoms with E-state index >= 15 is 0 Å². The van der Waals surface area contributed by atoms with E-state index in [2.05, 4.69) is 21.8 Å². The van der Waals surface area contributed by atoms with Gasteiger partial charge in [-0.15, -0.1) is 0 Å². The lowest BCUT2D eigenvalue weighted by Gasteiger charge is -2.27. The van der Waals surface area contributed by atoms with Crippen molar-refractivity contribution in [1.29, 1.82) is 0 Å². The quantitative estimate of drug-likeness (QED) is 0.753. The number of fused-ring (bicyclic) bond motifs is 1. The van der Waals surface area contributed by atoms with Gasteiger partial charge in [0, 0.05) is 24.1 Å². The molecule has 1 aromatic carbocycles. The Balaban J connectivity index is 1.75. The van der Waals surface area contributed by atoms with Crippen molar-refractivity contribution in [3.63, 3.8) is 0 Å². The molecule has 0 spiro atoms. The lowest BCUT2D eigenvalue weighted by atomic mass is 9.97. The van der Waals surface area contributed by atoms with Gasteiger partial charge in [0.05, 0.1) is 5.69 Å². The fraction of sp³-hybridized carbons (Fsp3) is 0.474. The van der Waals surface area contributed by atoms with Crippen LogP contribution in [-0.2, 0) is 6.42 Å². The molecule has 1 fully saturated rings. The van der Waals surface area contributed by atoms with E-state index in [9.17, 15) is 4.39 Å². The second-order valence-electron chi connectivity index (χ2n) is 6.72. The van der Waals surface area contributed by atoms with Gasteiger partial charge in [-0.3, -0.25) is 0 Å². The number of halogens is 2. The Morgan fingerprint density at radius 2 is 2.00 bits per heavy atom. The van der Waals surface area contributed by atoms with Crippen molar-refractivity contribution in [1.82, 2.24) is 9.97 Å². The lowest BCUT2D eigenvalue weighted by molar-refractivity contribution is 0.625. The second kappa shape index (κ2) is 6.32. The molecular weight excluding hydrogens is 325 g/mol. The number of hydrogen-bond donors (Lipinski definition) is 0. The van der Waals surface area contributed by atoms with Crippen LogP contribution in [0.5, 0.6) is 0 Å². The summed E-state index contributed by atoms with van der Waals surface area (Å²) in [6, 6.07) is 7.30. The van der Waals surface area contributed by atoms with Gasteiger partial charge in [-0.05, 0) is 61.4 Å². The Bertz CT molecular complexity index is 747. The van der Waals surface area contributed by atoms with Crippen LogP contribution in [0.3, 0.4) is 0 Å². The third kappa shape index (κ3) is 2.67. The van der Waals surface area contributed by atoms with E-state index in [4.69, 9.17) is 11.6 Å². The molecule has 0 N–H and O–H groups in total. The van der Waals surface area contributed by atoms with Crippen LogP contribution in [0.1, 0.15) is 55.3 Å². The first kappa shape index (κ1) is 15.8. The van der Waals surface area contributed by atoms with Crippen LogP contribution < -0.4 is 4.90 Å². The van der Waals surface area contributed by atoms with Gasteiger partial charge in [-0.25, -0.2) is 14.4 Å². The minimum Gasteiger partial charge on any atom is -0.353 e. The molecule has 5 heteroatoms. The lowest BCUT2D eigenvalue weighted by Crippen LogP contribution is -2.30.